The first-order valence-corrected chi connectivity index (χ1v) is 10.8. The Hall–Kier alpha value is -2.63. The Labute approximate surface area is 175 Å². The molecule has 1 aliphatic rings. The van der Waals surface area contributed by atoms with Crippen LogP contribution in [0.5, 0.6) is 5.75 Å². The molecule has 4 rings (SSSR count). The van der Waals surface area contributed by atoms with Gasteiger partial charge in [-0.25, -0.2) is 0 Å². The van der Waals surface area contributed by atoms with Crippen LogP contribution in [0.15, 0.2) is 66.7 Å². The average Bonchev–Trinajstić information content (AvgIpc) is 3.38. The van der Waals surface area contributed by atoms with Crippen molar-refractivity contribution < 1.29 is 14.6 Å². The average molecular weight is 408 g/mol. The number of carbonyl (C=O) groups is 1. The van der Waals surface area contributed by atoms with Crippen molar-refractivity contribution in [2.45, 2.75) is 38.5 Å². The highest BCUT2D eigenvalue weighted by Crippen LogP contribution is 2.41. The van der Waals surface area contributed by atoms with Crippen LogP contribution in [0.2, 0.25) is 0 Å². The molecule has 2 unspecified atom stereocenters. The molecule has 1 fully saturated rings. The number of benzene rings is 2. The van der Waals surface area contributed by atoms with E-state index in [0.29, 0.717) is 13.0 Å². The largest absolute Gasteiger partial charge is 0.489 e. The lowest BCUT2D eigenvalue weighted by Crippen LogP contribution is -2.39. The Morgan fingerprint density at radius 1 is 1.14 bits per heavy atom. The number of aryl methyl sites for hydroxylation is 1. The maximum atomic E-state index is 11.9. The summed E-state index contributed by atoms with van der Waals surface area (Å²) in [6, 6.07) is 21.8. The fourth-order valence-electron chi connectivity index (χ4n) is 4.03. The number of thiophene rings is 1. The van der Waals surface area contributed by atoms with Gasteiger partial charge in [-0.05, 0) is 43.5 Å². The third-order valence-corrected chi connectivity index (χ3v) is 6.45. The lowest BCUT2D eigenvalue weighted by atomic mass is 10.0. The third kappa shape index (κ3) is 4.36. The summed E-state index contributed by atoms with van der Waals surface area (Å²) in [6.07, 6.45) is 1.58. The quantitative estimate of drug-likeness (QED) is 0.579. The summed E-state index contributed by atoms with van der Waals surface area (Å²) < 4.78 is 6.22. The molecule has 0 radical (unpaired) electrons. The van der Waals surface area contributed by atoms with E-state index >= 15 is 0 Å². The molecule has 150 valence electrons. The zero-order valence-electron chi connectivity index (χ0n) is 16.5. The minimum Gasteiger partial charge on any atom is -0.489 e. The SMILES string of the molecule is Cc1ccc(C(c2ccccc2OCc2ccccc2)N2CCCC2C(=O)O)s1. The number of nitrogens with zero attached hydrogens (tertiary/aromatic N) is 1. The zero-order valence-corrected chi connectivity index (χ0v) is 17.3. The second kappa shape index (κ2) is 8.80. The van der Waals surface area contributed by atoms with E-state index in [-0.39, 0.29) is 6.04 Å². The second-order valence-electron chi connectivity index (χ2n) is 7.40. The van der Waals surface area contributed by atoms with Gasteiger partial charge in [-0.1, -0.05) is 48.5 Å². The summed E-state index contributed by atoms with van der Waals surface area (Å²) in [5, 5.41) is 9.78. The van der Waals surface area contributed by atoms with Crippen LogP contribution in [0.4, 0.5) is 0 Å². The molecule has 0 aliphatic carbocycles. The summed E-state index contributed by atoms with van der Waals surface area (Å²) in [5.74, 6) is 0.0620. The van der Waals surface area contributed by atoms with Crippen molar-refractivity contribution in [3.63, 3.8) is 0 Å². The summed E-state index contributed by atoms with van der Waals surface area (Å²) in [7, 11) is 0. The fraction of sp³-hybridized carbons (Fsp3) is 0.292. The highest BCUT2D eigenvalue weighted by Gasteiger charge is 2.38. The van der Waals surface area contributed by atoms with E-state index in [2.05, 4.69) is 30.0 Å². The number of carboxylic acids is 1. The molecule has 0 saturated carbocycles. The first-order valence-electron chi connectivity index (χ1n) is 9.94. The molecule has 0 bridgehead atoms. The molecule has 1 aromatic heterocycles. The lowest BCUT2D eigenvalue weighted by molar-refractivity contribution is -0.142. The molecule has 2 heterocycles. The molecule has 1 saturated heterocycles. The van der Waals surface area contributed by atoms with Crippen molar-refractivity contribution in [3.8, 4) is 5.75 Å². The predicted molar refractivity (Wildman–Crippen MR) is 115 cm³/mol. The standard InChI is InChI=1S/C24H25NO3S/c1-17-13-14-22(29-17)23(25-15-7-11-20(25)24(26)27)19-10-5-6-12-21(19)28-16-18-8-3-2-4-9-18/h2-6,8-10,12-14,20,23H,7,11,15-16H2,1H3,(H,26,27). The molecule has 1 aliphatic heterocycles. The second-order valence-corrected chi connectivity index (χ2v) is 8.72. The summed E-state index contributed by atoms with van der Waals surface area (Å²) >= 11 is 1.72. The summed E-state index contributed by atoms with van der Waals surface area (Å²) in [6.45, 7) is 3.34. The van der Waals surface area contributed by atoms with Crippen molar-refractivity contribution >= 4 is 17.3 Å². The maximum Gasteiger partial charge on any atom is 0.320 e. The Morgan fingerprint density at radius 2 is 1.90 bits per heavy atom. The van der Waals surface area contributed by atoms with Crippen LogP contribution in [0, 0.1) is 6.92 Å². The van der Waals surface area contributed by atoms with Crippen LogP contribution < -0.4 is 4.74 Å². The van der Waals surface area contributed by atoms with E-state index in [1.807, 2.05) is 48.5 Å². The van der Waals surface area contributed by atoms with Crippen LogP contribution in [0.3, 0.4) is 0 Å². The van der Waals surface area contributed by atoms with Gasteiger partial charge in [0.2, 0.25) is 0 Å². The maximum absolute atomic E-state index is 11.9. The Morgan fingerprint density at radius 3 is 2.62 bits per heavy atom. The van der Waals surface area contributed by atoms with E-state index in [1.54, 1.807) is 11.3 Å². The van der Waals surface area contributed by atoms with Gasteiger partial charge >= 0.3 is 5.97 Å². The van der Waals surface area contributed by atoms with Crippen molar-refractivity contribution in [2.24, 2.45) is 0 Å². The van der Waals surface area contributed by atoms with Crippen LogP contribution in [-0.4, -0.2) is 28.6 Å². The molecular formula is C24H25NO3S. The van der Waals surface area contributed by atoms with Crippen molar-refractivity contribution in [2.75, 3.05) is 6.54 Å². The van der Waals surface area contributed by atoms with Gasteiger partial charge in [0.25, 0.3) is 0 Å². The van der Waals surface area contributed by atoms with Crippen molar-refractivity contribution in [1.82, 2.24) is 4.90 Å². The van der Waals surface area contributed by atoms with Gasteiger partial charge in [-0.2, -0.15) is 0 Å². The summed E-state index contributed by atoms with van der Waals surface area (Å²) in [5.41, 5.74) is 2.13. The number of rotatable bonds is 7. The smallest absolute Gasteiger partial charge is 0.320 e. The van der Waals surface area contributed by atoms with Crippen LogP contribution in [-0.2, 0) is 11.4 Å². The fourth-order valence-corrected chi connectivity index (χ4v) is 5.05. The molecule has 1 N–H and O–H groups in total. The predicted octanol–water partition coefficient (Wildman–Crippen LogP) is 5.27. The molecule has 0 amide bonds. The minimum absolute atomic E-state index is 0.121. The van der Waals surface area contributed by atoms with Gasteiger partial charge in [0.1, 0.15) is 18.4 Å². The van der Waals surface area contributed by atoms with E-state index in [0.717, 1.165) is 34.7 Å². The van der Waals surface area contributed by atoms with Gasteiger partial charge < -0.3 is 9.84 Å². The molecule has 3 aromatic rings. The molecule has 2 atom stereocenters. The number of hydrogen-bond acceptors (Lipinski definition) is 4. The molecular weight excluding hydrogens is 382 g/mol. The molecule has 0 spiro atoms. The number of carboxylic acid groups (broad SMARTS) is 1. The Kier molecular flexibility index (Phi) is 5.97. The van der Waals surface area contributed by atoms with E-state index < -0.39 is 12.0 Å². The first-order chi connectivity index (χ1) is 14.1. The molecule has 2 aromatic carbocycles. The molecule has 29 heavy (non-hydrogen) atoms. The van der Waals surface area contributed by atoms with E-state index in [9.17, 15) is 9.90 Å². The number of likely N-dealkylation sites (tertiary alicyclic amines) is 1. The van der Waals surface area contributed by atoms with Gasteiger partial charge in [-0.3, -0.25) is 9.69 Å². The van der Waals surface area contributed by atoms with Gasteiger partial charge in [0.15, 0.2) is 0 Å². The van der Waals surface area contributed by atoms with Crippen LogP contribution in [0.25, 0.3) is 0 Å². The summed E-state index contributed by atoms with van der Waals surface area (Å²) in [4.78, 5) is 16.4. The third-order valence-electron chi connectivity index (χ3n) is 5.39. The number of aliphatic carboxylic acids is 1. The lowest BCUT2D eigenvalue weighted by Gasteiger charge is -2.32. The zero-order chi connectivity index (χ0) is 20.2. The monoisotopic (exact) mass is 407 g/mol. The number of ether oxygens (including phenoxy) is 1. The van der Waals surface area contributed by atoms with E-state index in [4.69, 9.17) is 4.74 Å². The normalized spacial score (nSPS) is 17.9. The van der Waals surface area contributed by atoms with Gasteiger partial charge in [0.05, 0.1) is 6.04 Å². The Bertz CT molecular complexity index is 969. The minimum atomic E-state index is -0.747. The van der Waals surface area contributed by atoms with Crippen molar-refractivity contribution in [3.05, 3.63) is 87.6 Å². The van der Waals surface area contributed by atoms with Gasteiger partial charge in [-0.15, -0.1) is 11.3 Å². The highest BCUT2D eigenvalue weighted by molar-refractivity contribution is 7.12. The number of para-hydroxylation sites is 1. The van der Waals surface area contributed by atoms with Gasteiger partial charge in [0, 0.05) is 21.9 Å². The van der Waals surface area contributed by atoms with Crippen LogP contribution >= 0.6 is 11.3 Å². The molecule has 5 heteroatoms. The topological polar surface area (TPSA) is 49.8 Å². The highest BCUT2D eigenvalue weighted by atomic mass is 32.1. The molecule has 4 nitrogen and oxygen atoms in total. The number of hydrogen-bond donors (Lipinski definition) is 1. The first kappa shape index (κ1) is 19.7. The van der Waals surface area contributed by atoms with E-state index in [1.165, 1.54) is 4.88 Å². The van der Waals surface area contributed by atoms with Crippen LogP contribution in [0.1, 0.15) is 39.8 Å². The Balaban J connectivity index is 1.70. The van der Waals surface area contributed by atoms with Crippen molar-refractivity contribution in [1.29, 1.82) is 0 Å².